The molecule has 0 aliphatic heterocycles. The van der Waals surface area contributed by atoms with E-state index in [1.54, 1.807) is 0 Å². The van der Waals surface area contributed by atoms with Crippen LogP contribution in [0.15, 0.2) is 24.3 Å². The van der Waals surface area contributed by atoms with Gasteiger partial charge in [0, 0.05) is 0 Å². The maximum absolute atomic E-state index is 14.0. The molecule has 0 bridgehead atoms. The van der Waals surface area contributed by atoms with Gasteiger partial charge in [-0.2, -0.15) is 34.8 Å². The number of halogens is 6. The topological polar surface area (TPSA) is 133 Å². The Morgan fingerprint density at radius 3 is 1.15 bits per heavy atom. The number of carbonyl (C=O) groups excluding carboxylic acids is 3. The van der Waals surface area contributed by atoms with E-state index in [4.69, 9.17) is 61.1 Å². The fourth-order valence-corrected chi connectivity index (χ4v) is 6.90. The minimum absolute atomic E-state index is 0.0477. The molecule has 0 amide bonds. The standard InChI is InChI=1S/C31H28B6F6O9S/c32-8-15-1-20(10-34)24(21(2-15)11-35)50-26(44)17-5-18(27(45)51-25-22(12-36)3-16(9-33)4-23(25)13-37)7-19(6-17)28(46)52-29(30(38,39)40,31(41,42)43)14-53(47,48)49/h1-4,17-19H,5-14H2,(H,47,48,49). The van der Waals surface area contributed by atoms with Gasteiger partial charge in [0.1, 0.15) is 17.3 Å². The van der Waals surface area contributed by atoms with Crippen molar-refractivity contribution in [3.05, 3.63) is 57.6 Å². The molecule has 22 heteroatoms. The lowest BCUT2D eigenvalue weighted by Crippen LogP contribution is -2.64. The number of ether oxygens (including phenoxy) is 3. The third-order valence-electron chi connectivity index (χ3n) is 8.64. The van der Waals surface area contributed by atoms with E-state index in [9.17, 15) is 49.1 Å². The minimum Gasteiger partial charge on any atom is -0.438 e. The monoisotopic (exact) mass is 756 g/mol. The third kappa shape index (κ3) is 10.3. The van der Waals surface area contributed by atoms with Gasteiger partial charge >= 0.3 is 35.9 Å². The van der Waals surface area contributed by atoms with Crippen LogP contribution in [0, 0.1) is 17.8 Å². The molecule has 1 saturated carbocycles. The molecule has 2 unspecified atom stereocenters. The van der Waals surface area contributed by atoms with E-state index in [1.165, 1.54) is 24.3 Å². The number of rotatable bonds is 14. The molecule has 2 aromatic rings. The molecule has 53 heavy (non-hydrogen) atoms. The summed E-state index contributed by atoms with van der Waals surface area (Å²) in [4.78, 5) is 40.6. The van der Waals surface area contributed by atoms with Gasteiger partial charge in [-0.3, -0.25) is 18.9 Å². The second-order valence-electron chi connectivity index (χ2n) is 12.3. The summed E-state index contributed by atoms with van der Waals surface area (Å²) in [6, 6.07) is 6.02. The summed E-state index contributed by atoms with van der Waals surface area (Å²) in [5, 5.41) is 0. The van der Waals surface area contributed by atoms with Crippen LogP contribution in [0.5, 0.6) is 11.5 Å². The van der Waals surface area contributed by atoms with Crippen LogP contribution in [0.2, 0.25) is 0 Å². The molecular formula is C31H28B6F6O9S. The van der Waals surface area contributed by atoms with Crippen molar-refractivity contribution >= 4 is 75.1 Å². The highest BCUT2D eigenvalue weighted by atomic mass is 32.2. The third-order valence-corrected chi connectivity index (χ3v) is 9.42. The lowest BCUT2D eigenvalue weighted by atomic mass is 9.75. The van der Waals surface area contributed by atoms with E-state index in [1.807, 2.05) is 0 Å². The lowest BCUT2D eigenvalue weighted by Gasteiger charge is -2.38. The van der Waals surface area contributed by atoms with Crippen LogP contribution in [0.4, 0.5) is 26.3 Å². The van der Waals surface area contributed by atoms with Crippen LogP contribution < -0.4 is 9.47 Å². The first-order chi connectivity index (χ1) is 24.6. The fourth-order valence-electron chi connectivity index (χ4n) is 6.00. The van der Waals surface area contributed by atoms with E-state index >= 15 is 0 Å². The molecule has 3 rings (SSSR count). The van der Waals surface area contributed by atoms with Gasteiger partial charge in [0.15, 0.2) is 0 Å². The first-order valence-corrected chi connectivity index (χ1v) is 17.4. The van der Waals surface area contributed by atoms with E-state index in [0.717, 1.165) is 0 Å². The quantitative estimate of drug-likeness (QED) is 0.102. The zero-order valence-corrected chi connectivity index (χ0v) is 28.8. The van der Waals surface area contributed by atoms with Crippen molar-refractivity contribution in [2.75, 3.05) is 5.75 Å². The van der Waals surface area contributed by atoms with Gasteiger partial charge in [-0.15, -0.1) is 0 Å². The van der Waals surface area contributed by atoms with Gasteiger partial charge in [0.25, 0.3) is 10.1 Å². The minimum atomic E-state index is -6.62. The van der Waals surface area contributed by atoms with Gasteiger partial charge in [-0.25, -0.2) is 0 Å². The highest BCUT2D eigenvalue weighted by molar-refractivity contribution is 7.85. The molecule has 0 spiro atoms. The molecular weight excluding hydrogens is 727 g/mol. The molecule has 1 N–H and O–H groups in total. The van der Waals surface area contributed by atoms with E-state index in [-0.39, 0.29) is 71.7 Å². The smallest absolute Gasteiger partial charge is 0.438 e. The Kier molecular flexibility index (Phi) is 14.5. The molecule has 1 aliphatic rings. The summed E-state index contributed by atoms with van der Waals surface area (Å²) in [5.74, 6) is -13.3. The van der Waals surface area contributed by atoms with Crippen LogP contribution >= 0.6 is 0 Å². The molecule has 2 atom stereocenters. The normalized spacial score (nSPS) is 18.3. The largest absolute Gasteiger partial charge is 0.438 e. The predicted octanol–water partition coefficient (Wildman–Crippen LogP) is 2.54. The zero-order chi connectivity index (χ0) is 40.1. The Bertz CT molecular complexity index is 1640. The number of carbonyl (C=O) groups is 3. The van der Waals surface area contributed by atoms with Crippen LogP contribution in [0.3, 0.4) is 0 Å². The first kappa shape index (κ1) is 44.1. The Labute approximate surface area is 310 Å². The average Bonchev–Trinajstić information content (AvgIpc) is 3.09. The summed E-state index contributed by atoms with van der Waals surface area (Å²) in [5.41, 5.74) is -3.62. The maximum Gasteiger partial charge on any atom is 0.438 e. The second-order valence-corrected chi connectivity index (χ2v) is 13.8. The molecule has 12 radical (unpaired) electrons. The van der Waals surface area contributed by atoms with Crippen molar-refractivity contribution in [3.8, 4) is 11.5 Å². The summed E-state index contributed by atoms with van der Waals surface area (Å²) >= 11 is 0. The highest BCUT2D eigenvalue weighted by Gasteiger charge is 2.76. The predicted molar refractivity (Wildman–Crippen MR) is 183 cm³/mol. The Balaban J connectivity index is 2.10. The Hall–Kier alpha value is -3.27. The summed E-state index contributed by atoms with van der Waals surface area (Å²) in [6.45, 7) is 0. The van der Waals surface area contributed by atoms with E-state index < -0.39 is 88.7 Å². The lowest BCUT2D eigenvalue weighted by molar-refractivity contribution is -0.362. The van der Waals surface area contributed by atoms with E-state index in [2.05, 4.69) is 4.74 Å². The van der Waals surface area contributed by atoms with Crippen molar-refractivity contribution in [2.24, 2.45) is 17.8 Å². The summed E-state index contributed by atoms with van der Waals surface area (Å²) < 4.78 is 131. The van der Waals surface area contributed by atoms with Crippen molar-refractivity contribution in [2.45, 2.75) is 75.1 Å². The molecule has 0 heterocycles. The number of benzene rings is 2. The van der Waals surface area contributed by atoms with Crippen LogP contribution in [0.1, 0.15) is 52.6 Å². The zero-order valence-electron chi connectivity index (χ0n) is 28.0. The highest BCUT2D eigenvalue weighted by Crippen LogP contribution is 2.48. The summed E-state index contributed by atoms with van der Waals surface area (Å²) in [6.07, 6.45) is -16.1. The van der Waals surface area contributed by atoms with Crippen LogP contribution in [-0.2, 0) is 67.2 Å². The van der Waals surface area contributed by atoms with Crippen molar-refractivity contribution < 1.29 is 67.9 Å². The number of esters is 3. The van der Waals surface area contributed by atoms with Crippen molar-refractivity contribution in [1.29, 1.82) is 0 Å². The second kappa shape index (κ2) is 17.5. The van der Waals surface area contributed by atoms with Gasteiger partial charge in [0.2, 0.25) is 0 Å². The maximum atomic E-state index is 14.0. The van der Waals surface area contributed by atoms with E-state index in [0.29, 0.717) is 11.1 Å². The molecule has 1 aliphatic carbocycles. The number of hydrogen-bond acceptors (Lipinski definition) is 8. The number of alkyl halides is 6. The Morgan fingerprint density at radius 2 is 0.906 bits per heavy atom. The van der Waals surface area contributed by atoms with Crippen LogP contribution in [-0.4, -0.2) is 102 Å². The SMILES string of the molecule is [B]Cc1cc(C[B])c(OC(=O)C2CC(C(=O)Oc3c(C[B])cc(C[B])cc3C[B])CC(C(=O)OC(CS(=O)(=O)O)(C(F)(F)F)C(F)(F)F)C2)c(C[B])c1. The fraction of sp³-hybridized carbons (Fsp3) is 0.516. The first-order valence-electron chi connectivity index (χ1n) is 15.8. The van der Waals surface area contributed by atoms with Crippen molar-refractivity contribution in [1.82, 2.24) is 0 Å². The van der Waals surface area contributed by atoms with Gasteiger partial charge in [-0.05, 0) is 41.5 Å². The molecule has 9 nitrogen and oxygen atoms in total. The summed E-state index contributed by atoms with van der Waals surface area (Å²) in [7, 11) is 28.6. The molecule has 2 aromatic carbocycles. The van der Waals surface area contributed by atoms with Gasteiger partial charge in [-0.1, -0.05) is 73.3 Å². The van der Waals surface area contributed by atoms with Crippen molar-refractivity contribution in [3.63, 3.8) is 0 Å². The van der Waals surface area contributed by atoms with Gasteiger partial charge < -0.3 is 14.2 Å². The average molecular weight is 755 g/mol. The molecule has 0 aromatic heterocycles. The molecule has 272 valence electrons. The Morgan fingerprint density at radius 1 is 0.604 bits per heavy atom. The number of hydrogen-bond donors (Lipinski definition) is 1. The molecule has 0 saturated heterocycles. The van der Waals surface area contributed by atoms with Gasteiger partial charge in [0.05, 0.1) is 64.8 Å². The van der Waals surface area contributed by atoms with Crippen LogP contribution in [0.25, 0.3) is 0 Å². The molecule has 1 fully saturated rings.